The van der Waals surface area contributed by atoms with E-state index < -0.39 is 5.91 Å². The number of carbonyl (C=O) groups is 2. The van der Waals surface area contributed by atoms with Gasteiger partial charge in [0.15, 0.2) is 0 Å². The number of hydrogen-bond donors (Lipinski definition) is 2. The van der Waals surface area contributed by atoms with Crippen molar-refractivity contribution in [3.63, 3.8) is 0 Å². The molecule has 0 unspecified atom stereocenters. The van der Waals surface area contributed by atoms with Crippen molar-refractivity contribution in [3.8, 4) is 5.75 Å². The molecule has 20 heavy (non-hydrogen) atoms. The van der Waals surface area contributed by atoms with E-state index in [4.69, 9.17) is 4.74 Å². The van der Waals surface area contributed by atoms with Gasteiger partial charge in [-0.15, -0.1) is 0 Å². The third-order valence-corrected chi connectivity index (χ3v) is 2.64. The zero-order valence-electron chi connectivity index (χ0n) is 10.9. The molecular formula is C13H14N4O3. The second kappa shape index (κ2) is 6.46. The topological polar surface area (TPSA) is 92.2 Å². The molecule has 0 radical (unpaired) electrons. The van der Waals surface area contributed by atoms with Gasteiger partial charge in [-0.1, -0.05) is 12.1 Å². The zero-order valence-corrected chi connectivity index (χ0v) is 10.9. The molecule has 104 valence electrons. The SMILES string of the molecule is COc1cccc(/C=N/NC(=O)C2=NNC(=O)CC2)c1. The summed E-state index contributed by atoms with van der Waals surface area (Å²) in [5.74, 6) is 0.0882. The van der Waals surface area contributed by atoms with Gasteiger partial charge in [-0.2, -0.15) is 10.2 Å². The molecule has 7 nitrogen and oxygen atoms in total. The predicted molar refractivity (Wildman–Crippen MR) is 73.5 cm³/mol. The van der Waals surface area contributed by atoms with Gasteiger partial charge < -0.3 is 4.74 Å². The molecule has 2 rings (SSSR count). The highest BCUT2D eigenvalue weighted by molar-refractivity contribution is 6.39. The number of ether oxygens (including phenoxy) is 1. The van der Waals surface area contributed by atoms with Crippen molar-refractivity contribution < 1.29 is 14.3 Å². The summed E-state index contributed by atoms with van der Waals surface area (Å²) in [4.78, 5) is 22.6. The molecule has 0 bridgehead atoms. The molecule has 0 aromatic heterocycles. The van der Waals surface area contributed by atoms with Crippen LogP contribution in [0, 0.1) is 0 Å². The fraction of sp³-hybridized carbons (Fsp3) is 0.231. The summed E-state index contributed by atoms with van der Waals surface area (Å²) in [6.07, 6.45) is 2.07. The normalized spacial score (nSPS) is 14.7. The molecule has 1 aromatic rings. The van der Waals surface area contributed by atoms with Crippen LogP contribution >= 0.6 is 0 Å². The molecule has 0 fully saturated rings. The van der Waals surface area contributed by atoms with Gasteiger partial charge in [0.1, 0.15) is 11.5 Å². The molecule has 2 amide bonds. The summed E-state index contributed by atoms with van der Waals surface area (Å²) in [5, 5.41) is 7.51. The Hall–Kier alpha value is -2.70. The molecule has 7 heteroatoms. The maximum atomic E-state index is 11.7. The Bertz CT molecular complexity index is 581. The van der Waals surface area contributed by atoms with Crippen LogP contribution < -0.4 is 15.6 Å². The first-order valence-electron chi connectivity index (χ1n) is 6.02. The highest BCUT2D eigenvalue weighted by Gasteiger charge is 2.17. The van der Waals surface area contributed by atoms with Crippen molar-refractivity contribution in [1.29, 1.82) is 0 Å². The van der Waals surface area contributed by atoms with Gasteiger partial charge in [0.05, 0.1) is 13.3 Å². The number of hydrazone groups is 2. The summed E-state index contributed by atoms with van der Waals surface area (Å²) in [5.41, 5.74) is 5.67. The number of rotatable bonds is 4. The number of nitrogens with zero attached hydrogens (tertiary/aromatic N) is 2. The van der Waals surface area contributed by atoms with Gasteiger partial charge in [0.25, 0.3) is 5.91 Å². The maximum Gasteiger partial charge on any atom is 0.287 e. The highest BCUT2D eigenvalue weighted by Crippen LogP contribution is 2.10. The largest absolute Gasteiger partial charge is 0.497 e. The van der Waals surface area contributed by atoms with E-state index in [-0.39, 0.29) is 18.0 Å². The first-order chi connectivity index (χ1) is 9.69. The lowest BCUT2D eigenvalue weighted by Crippen LogP contribution is -2.34. The monoisotopic (exact) mass is 274 g/mol. The zero-order chi connectivity index (χ0) is 14.4. The number of carbonyl (C=O) groups excluding carboxylic acids is 2. The molecule has 0 atom stereocenters. The van der Waals surface area contributed by atoms with Crippen molar-refractivity contribution in [2.45, 2.75) is 12.8 Å². The van der Waals surface area contributed by atoms with Crippen LogP contribution in [0.2, 0.25) is 0 Å². The molecule has 0 saturated heterocycles. The van der Waals surface area contributed by atoms with Crippen molar-refractivity contribution in [1.82, 2.24) is 10.9 Å². The Labute approximate surface area is 115 Å². The van der Waals surface area contributed by atoms with E-state index in [1.54, 1.807) is 13.2 Å². The molecule has 1 aromatic carbocycles. The van der Waals surface area contributed by atoms with E-state index in [0.29, 0.717) is 12.2 Å². The Morgan fingerprint density at radius 2 is 2.35 bits per heavy atom. The van der Waals surface area contributed by atoms with E-state index in [0.717, 1.165) is 5.56 Å². The van der Waals surface area contributed by atoms with Crippen LogP contribution in [0.4, 0.5) is 0 Å². The molecule has 0 spiro atoms. The second-order valence-corrected chi connectivity index (χ2v) is 4.07. The van der Waals surface area contributed by atoms with Crippen molar-refractivity contribution in [2.75, 3.05) is 7.11 Å². The molecule has 2 N–H and O–H groups in total. The van der Waals surface area contributed by atoms with Crippen molar-refractivity contribution >= 4 is 23.7 Å². The van der Waals surface area contributed by atoms with Crippen LogP contribution in [-0.2, 0) is 9.59 Å². The van der Waals surface area contributed by atoms with Gasteiger partial charge in [0.2, 0.25) is 5.91 Å². The van der Waals surface area contributed by atoms with Gasteiger partial charge in [-0.3, -0.25) is 9.59 Å². The quantitative estimate of drug-likeness (QED) is 0.615. The smallest absolute Gasteiger partial charge is 0.287 e. The van der Waals surface area contributed by atoms with Crippen LogP contribution in [0.1, 0.15) is 18.4 Å². The lowest BCUT2D eigenvalue weighted by Gasteiger charge is -2.09. The average Bonchev–Trinajstić information content (AvgIpc) is 2.48. The first-order valence-corrected chi connectivity index (χ1v) is 6.02. The highest BCUT2D eigenvalue weighted by atomic mass is 16.5. The Kier molecular flexibility index (Phi) is 4.43. The first kappa shape index (κ1) is 13.7. The standard InChI is InChI=1S/C13H14N4O3/c1-20-10-4-2-3-9(7-10)8-14-17-13(19)11-5-6-12(18)16-15-11/h2-4,7-8H,5-6H2,1H3,(H,16,18)(H,17,19)/b14-8+. The number of nitrogens with one attached hydrogen (secondary N) is 2. The van der Waals surface area contributed by atoms with E-state index in [9.17, 15) is 9.59 Å². The third kappa shape index (κ3) is 3.64. The van der Waals surface area contributed by atoms with Crippen LogP contribution in [-0.4, -0.2) is 30.9 Å². The van der Waals surface area contributed by atoms with E-state index in [1.807, 2.05) is 18.2 Å². The Balaban J connectivity index is 1.92. The van der Waals surface area contributed by atoms with E-state index in [2.05, 4.69) is 21.1 Å². The number of benzene rings is 1. The van der Waals surface area contributed by atoms with Crippen molar-refractivity contribution in [2.24, 2.45) is 10.2 Å². The van der Waals surface area contributed by atoms with E-state index >= 15 is 0 Å². The minimum absolute atomic E-state index is 0.193. The summed E-state index contributed by atoms with van der Waals surface area (Å²) >= 11 is 0. The number of hydrogen-bond acceptors (Lipinski definition) is 5. The molecule has 1 aliphatic rings. The van der Waals surface area contributed by atoms with Gasteiger partial charge in [-0.05, 0) is 17.7 Å². The van der Waals surface area contributed by atoms with E-state index in [1.165, 1.54) is 6.21 Å². The third-order valence-electron chi connectivity index (χ3n) is 2.64. The van der Waals surface area contributed by atoms with Gasteiger partial charge in [-0.25, -0.2) is 10.9 Å². The summed E-state index contributed by atoms with van der Waals surface area (Å²) in [6.45, 7) is 0. The minimum Gasteiger partial charge on any atom is -0.497 e. The molecule has 1 aliphatic heterocycles. The van der Waals surface area contributed by atoms with Crippen molar-refractivity contribution in [3.05, 3.63) is 29.8 Å². The predicted octanol–water partition coefficient (Wildman–Crippen LogP) is 0.411. The summed E-state index contributed by atoms with van der Waals surface area (Å²) in [6, 6.07) is 7.25. The fourth-order valence-electron chi connectivity index (χ4n) is 1.59. The lowest BCUT2D eigenvalue weighted by molar-refractivity contribution is -0.121. The molecule has 0 aliphatic carbocycles. The van der Waals surface area contributed by atoms with Gasteiger partial charge in [0, 0.05) is 12.8 Å². The molecule has 0 saturated carbocycles. The van der Waals surface area contributed by atoms with Crippen LogP contribution in [0.5, 0.6) is 5.75 Å². The van der Waals surface area contributed by atoms with Crippen LogP contribution in [0.25, 0.3) is 0 Å². The summed E-state index contributed by atoms with van der Waals surface area (Å²) in [7, 11) is 1.58. The fourth-order valence-corrected chi connectivity index (χ4v) is 1.59. The maximum absolute atomic E-state index is 11.7. The van der Waals surface area contributed by atoms with Crippen LogP contribution in [0.15, 0.2) is 34.5 Å². The number of amides is 2. The minimum atomic E-state index is -0.427. The Morgan fingerprint density at radius 3 is 3.05 bits per heavy atom. The second-order valence-electron chi connectivity index (χ2n) is 4.07. The molecule has 1 heterocycles. The molecular weight excluding hydrogens is 260 g/mol. The number of methoxy groups -OCH3 is 1. The van der Waals surface area contributed by atoms with Gasteiger partial charge >= 0.3 is 0 Å². The lowest BCUT2D eigenvalue weighted by atomic mass is 10.2. The summed E-state index contributed by atoms with van der Waals surface area (Å²) < 4.78 is 5.08. The average molecular weight is 274 g/mol. The Morgan fingerprint density at radius 1 is 1.50 bits per heavy atom. The van der Waals surface area contributed by atoms with Crippen LogP contribution in [0.3, 0.4) is 0 Å².